The number of hydrogen-bond donors (Lipinski definition) is 2. The van der Waals surface area contributed by atoms with E-state index in [-0.39, 0.29) is 35.0 Å². The average Bonchev–Trinajstić information content (AvgIpc) is 2.76. The van der Waals surface area contributed by atoms with Crippen molar-refractivity contribution in [2.24, 2.45) is 0 Å². The molecule has 8 nitrogen and oxygen atoms in total. The summed E-state index contributed by atoms with van der Waals surface area (Å²) in [6, 6.07) is 0. The number of carbonyl (C=O) groups excluding carboxylic acids is 1. The molecule has 0 saturated heterocycles. The maximum atomic E-state index is 11.9. The molecule has 1 rings (SSSR count). The standard InChI is InChI=1S/C10H16ClN3O5S2/c1-3-7-9(21(11,18)19)8(14-13-7)10(15)12-5-4-6-20(2,16)17/h3-6H2,1-2H3,(H,12,15)(H,13,14). The molecule has 0 spiro atoms. The van der Waals surface area contributed by atoms with E-state index in [1.807, 2.05) is 0 Å². The number of sulfone groups is 1. The van der Waals surface area contributed by atoms with Gasteiger partial charge in [-0.25, -0.2) is 16.8 Å². The van der Waals surface area contributed by atoms with Crippen LogP contribution in [0.4, 0.5) is 0 Å². The Kier molecular flexibility index (Phi) is 5.76. The number of amides is 1. The highest BCUT2D eigenvalue weighted by Crippen LogP contribution is 2.22. The van der Waals surface area contributed by atoms with Crippen LogP contribution < -0.4 is 5.32 Å². The third-order valence-corrected chi connectivity index (χ3v) is 5.00. The Hall–Kier alpha value is -1.13. The quantitative estimate of drug-likeness (QED) is 0.525. The van der Waals surface area contributed by atoms with Gasteiger partial charge in [-0.15, -0.1) is 0 Å². The number of rotatable bonds is 7. The number of carbonyl (C=O) groups is 1. The molecule has 0 radical (unpaired) electrons. The zero-order valence-corrected chi connectivity index (χ0v) is 13.9. The lowest BCUT2D eigenvalue weighted by atomic mass is 10.3. The molecule has 0 unspecified atom stereocenters. The molecule has 0 aliphatic carbocycles. The second-order valence-corrected chi connectivity index (χ2v) is 9.17. The van der Waals surface area contributed by atoms with E-state index in [9.17, 15) is 21.6 Å². The number of aromatic amines is 1. The van der Waals surface area contributed by atoms with Crippen molar-refractivity contribution in [3.05, 3.63) is 11.4 Å². The smallest absolute Gasteiger partial charge is 0.273 e. The lowest BCUT2D eigenvalue weighted by molar-refractivity contribution is 0.0945. The Balaban J connectivity index is 2.82. The van der Waals surface area contributed by atoms with Crippen molar-refractivity contribution < 1.29 is 21.6 Å². The van der Waals surface area contributed by atoms with Crippen molar-refractivity contribution in [1.82, 2.24) is 15.5 Å². The average molecular weight is 358 g/mol. The maximum Gasteiger partial charge on any atom is 0.273 e. The number of aromatic nitrogens is 2. The lowest BCUT2D eigenvalue weighted by Gasteiger charge is -2.04. The van der Waals surface area contributed by atoms with Crippen LogP contribution in [0.15, 0.2) is 4.90 Å². The number of aryl methyl sites for hydroxylation is 1. The van der Waals surface area contributed by atoms with E-state index in [4.69, 9.17) is 10.7 Å². The normalized spacial score (nSPS) is 12.3. The minimum absolute atomic E-state index is 0.0747. The van der Waals surface area contributed by atoms with Gasteiger partial charge in [0.25, 0.3) is 15.0 Å². The van der Waals surface area contributed by atoms with E-state index in [1.54, 1.807) is 6.92 Å². The molecule has 0 aromatic carbocycles. The van der Waals surface area contributed by atoms with Gasteiger partial charge in [0.2, 0.25) is 0 Å². The minimum atomic E-state index is -4.11. The predicted molar refractivity (Wildman–Crippen MR) is 77.7 cm³/mol. The fraction of sp³-hybridized carbons (Fsp3) is 0.600. The summed E-state index contributed by atoms with van der Waals surface area (Å²) in [6.45, 7) is 1.77. The van der Waals surface area contributed by atoms with Crippen LogP contribution in [0.5, 0.6) is 0 Å². The van der Waals surface area contributed by atoms with Gasteiger partial charge in [0.15, 0.2) is 5.69 Å². The van der Waals surface area contributed by atoms with Crippen LogP contribution in [0.2, 0.25) is 0 Å². The zero-order chi connectivity index (χ0) is 16.3. The van der Waals surface area contributed by atoms with Gasteiger partial charge in [0, 0.05) is 23.5 Å². The molecule has 0 atom stereocenters. The van der Waals surface area contributed by atoms with E-state index < -0.39 is 24.8 Å². The van der Waals surface area contributed by atoms with Crippen LogP contribution in [0.1, 0.15) is 29.5 Å². The molecule has 1 aromatic heterocycles. The Morgan fingerprint density at radius 3 is 2.43 bits per heavy atom. The monoisotopic (exact) mass is 357 g/mol. The molecular formula is C10H16ClN3O5S2. The van der Waals surface area contributed by atoms with Crippen LogP contribution in [-0.4, -0.2) is 51.5 Å². The summed E-state index contributed by atoms with van der Waals surface area (Å²) in [4.78, 5) is 11.6. The van der Waals surface area contributed by atoms with Gasteiger partial charge in [-0.3, -0.25) is 9.89 Å². The second-order valence-electron chi connectivity index (χ2n) is 4.41. The molecule has 1 heterocycles. The molecule has 21 heavy (non-hydrogen) atoms. The number of H-pyrrole nitrogens is 1. The summed E-state index contributed by atoms with van der Waals surface area (Å²) in [5.74, 6) is -0.798. The largest absolute Gasteiger partial charge is 0.351 e. The first kappa shape index (κ1) is 17.9. The molecule has 1 aromatic rings. The van der Waals surface area contributed by atoms with Gasteiger partial charge >= 0.3 is 0 Å². The van der Waals surface area contributed by atoms with E-state index in [1.165, 1.54) is 0 Å². The number of nitrogens with one attached hydrogen (secondary N) is 2. The zero-order valence-electron chi connectivity index (χ0n) is 11.5. The van der Waals surface area contributed by atoms with E-state index in [0.717, 1.165) is 6.26 Å². The van der Waals surface area contributed by atoms with E-state index in [2.05, 4.69) is 15.5 Å². The highest BCUT2D eigenvalue weighted by atomic mass is 35.7. The highest BCUT2D eigenvalue weighted by Gasteiger charge is 2.27. The third-order valence-electron chi connectivity index (χ3n) is 2.58. The van der Waals surface area contributed by atoms with Crippen molar-refractivity contribution in [2.75, 3.05) is 18.6 Å². The van der Waals surface area contributed by atoms with Gasteiger partial charge in [-0.2, -0.15) is 5.10 Å². The summed E-state index contributed by atoms with van der Waals surface area (Å²) >= 11 is 0. The maximum absolute atomic E-state index is 11.9. The molecule has 0 fully saturated rings. The van der Waals surface area contributed by atoms with Crippen molar-refractivity contribution in [1.29, 1.82) is 0 Å². The molecule has 0 bridgehead atoms. The first-order chi connectivity index (χ1) is 9.56. The fourth-order valence-corrected chi connectivity index (χ4v) is 3.66. The summed E-state index contributed by atoms with van der Waals surface area (Å²) in [5, 5.41) is 8.53. The minimum Gasteiger partial charge on any atom is -0.351 e. The lowest BCUT2D eigenvalue weighted by Crippen LogP contribution is -2.27. The topological polar surface area (TPSA) is 126 Å². The van der Waals surface area contributed by atoms with Crippen LogP contribution in [-0.2, 0) is 25.3 Å². The third kappa shape index (κ3) is 5.29. The summed E-state index contributed by atoms with van der Waals surface area (Å²) in [7, 11) is -1.91. The summed E-state index contributed by atoms with van der Waals surface area (Å²) in [6.07, 6.45) is 1.63. The molecule has 2 N–H and O–H groups in total. The molecule has 1 amide bonds. The molecular weight excluding hydrogens is 342 g/mol. The number of hydrogen-bond acceptors (Lipinski definition) is 6. The van der Waals surface area contributed by atoms with E-state index in [0.29, 0.717) is 6.42 Å². The Morgan fingerprint density at radius 1 is 1.33 bits per heavy atom. The first-order valence-electron chi connectivity index (χ1n) is 6.04. The molecule has 0 aliphatic rings. The van der Waals surface area contributed by atoms with Crippen molar-refractivity contribution >= 4 is 35.5 Å². The van der Waals surface area contributed by atoms with Gasteiger partial charge in [-0.05, 0) is 12.8 Å². The second kappa shape index (κ2) is 6.75. The molecule has 120 valence electrons. The van der Waals surface area contributed by atoms with Crippen LogP contribution in [0.25, 0.3) is 0 Å². The SMILES string of the molecule is CCc1[nH]nc(C(=O)NCCCS(C)(=O)=O)c1S(=O)(=O)Cl. The summed E-state index contributed by atoms with van der Waals surface area (Å²) < 4.78 is 44.9. The van der Waals surface area contributed by atoms with Gasteiger partial charge in [-0.1, -0.05) is 6.92 Å². The molecule has 11 heteroatoms. The van der Waals surface area contributed by atoms with Crippen molar-refractivity contribution in [3.8, 4) is 0 Å². The van der Waals surface area contributed by atoms with Crippen molar-refractivity contribution in [3.63, 3.8) is 0 Å². The highest BCUT2D eigenvalue weighted by molar-refractivity contribution is 8.13. The number of nitrogens with zero attached hydrogens (tertiary/aromatic N) is 1. The predicted octanol–water partition coefficient (Wildman–Crippen LogP) is 0.0641. The van der Waals surface area contributed by atoms with Crippen molar-refractivity contribution in [2.45, 2.75) is 24.7 Å². The van der Waals surface area contributed by atoms with E-state index >= 15 is 0 Å². The van der Waals surface area contributed by atoms with Crippen LogP contribution >= 0.6 is 10.7 Å². The Morgan fingerprint density at radius 2 is 1.95 bits per heavy atom. The summed E-state index contributed by atoms with van der Waals surface area (Å²) in [5.41, 5.74) is -0.0764. The van der Waals surface area contributed by atoms with Gasteiger partial charge in [0.05, 0.1) is 11.4 Å². The van der Waals surface area contributed by atoms with Crippen LogP contribution in [0, 0.1) is 0 Å². The Bertz CT molecular complexity index is 724. The van der Waals surface area contributed by atoms with Crippen LogP contribution in [0.3, 0.4) is 0 Å². The van der Waals surface area contributed by atoms with Gasteiger partial charge in [0.1, 0.15) is 14.7 Å². The number of halogens is 1. The Labute approximate surface area is 127 Å². The first-order valence-corrected chi connectivity index (χ1v) is 10.4. The van der Waals surface area contributed by atoms with Gasteiger partial charge < -0.3 is 5.32 Å². The fourth-order valence-electron chi connectivity index (χ4n) is 1.64. The molecule has 0 saturated carbocycles. The molecule has 0 aliphatic heterocycles.